The maximum atomic E-state index is 6.16. The topological polar surface area (TPSA) is 37.9 Å². The van der Waals surface area contributed by atoms with E-state index in [0.717, 1.165) is 33.2 Å². The number of nitrogens with zero attached hydrogens (tertiary/aromatic N) is 1. The molecule has 0 saturated heterocycles. The van der Waals surface area contributed by atoms with Crippen LogP contribution in [0.2, 0.25) is 5.02 Å². The Hall–Kier alpha value is -2.00. The zero-order valence-electron chi connectivity index (χ0n) is 10.5. The number of hydrogen-bond acceptors (Lipinski definition) is 2. The van der Waals surface area contributed by atoms with Gasteiger partial charge in [0.15, 0.2) is 0 Å². The molecule has 0 amide bonds. The second-order valence-electron chi connectivity index (χ2n) is 4.33. The number of aromatic nitrogens is 2. The van der Waals surface area contributed by atoms with Crippen LogP contribution in [0.4, 0.5) is 0 Å². The third kappa shape index (κ3) is 2.42. The number of fused-ring (bicyclic) bond motifs is 1. The number of halogens is 1. The molecular weight excluding hydrogens is 260 g/mol. The van der Waals surface area contributed by atoms with Crippen LogP contribution in [0, 0.1) is 0 Å². The van der Waals surface area contributed by atoms with Gasteiger partial charge in [-0.3, -0.25) is 0 Å². The Kier molecular flexibility index (Phi) is 3.13. The van der Waals surface area contributed by atoms with E-state index in [1.165, 1.54) is 0 Å². The average molecular weight is 273 g/mol. The van der Waals surface area contributed by atoms with Crippen LogP contribution in [0.5, 0.6) is 5.75 Å². The number of methoxy groups -OCH3 is 1. The summed E-state index contributed by atoms with van der Waals surface area (Å²) in [6.07, 6.45) is 0.691. The highest BCUT2D eigenvalue weighted by atomic mass is 35.5. The molecule has 0 fully saturated rings. The summed E-state index contributed by atoms with van der Waals surface area (Å²) in [4.78, 5) is 7.85. The van der Waals surface area contributed by atoms with Gasteiger partial charge in [-0.05, 0) is 23.8 Å². The van der Waals surface area contributed by atoms with Crippen LogP contribution in [0.15, 0.2) is 42.5 Å². The van der Waals surface area contributed by atoms with Crippen LogP contribution in [-0.4, -0.2) is 17.1 Å². The fourth-order valence-electron chi connectivity index (χ4n) is 2.07. The summed E-state index contributed by atoms with van der Waals surface area (Å²) in [5.74, 6) is 1.72. The molecule has 0 bridgehead atoms. The molecule has 0 aliphatic carbocycles. The van der Waals surface area contributed by atoms with Gasteiger partial charge in [0.1, 0.15) is 11.6 Å². The Labute approximate surface area is 116 Å². The van der Waals surface area contributed by atoms with Crippen molar-refractivity contribution in [1.29, 1.82) is 0 Å². The van der Waals surface area contributed by atoms with Crippen molar-refractivity contribution in [3.8, 4) is 5.75 Å². The molecule has 2 aromatic carbocycles. The fraction of sp³-hybridized carbons (Fsp3) is 0.133. The molecule has 3 rings (SSSR count). The first-order chi connectivity index (χ1) is 9.26. The molecule has 0 aliphatic heterocycles. The Balaban J connectivity index is 1.95. The number of imidazole rings is 1. The van der Waals surface area contributed by atoms with E-state index >= 15 is 0 Å². The van der Waals surface area contributed by atoms with Crippen molar-refractivity contribution in [3.05, 3.63) is 58.9 Å². The normalized spacial score (nSPS) is 10.8. The molecule has 1 aromatic heterocycles. The van der Waals surface area contributed by atoms with Crippen molar-refractivity contribution in [2.24, 2.45) is 0 Å². The summed E-state index contributed by atoms with van der Waals surface area (Å²) >= 11 is 6.16. The Morgan fingerprint density at radius 3 is 2.84 bits per heavy atom. The van der Waals surface area contributed by atoms with Gasteiger partial charge < -0.3 is 9.72 Å². The van der Waals surface area contributed by atoms with Crippen molar-refractivity contribution in [1.82, 2.24) is 9.97 Å². The molecule has 0 radical (unpaired) electrons. The SMILES string of the molecule is COc1ccc2nc(Cc3ccccc3Cl)[nH]c2c1. The molecule has 0 spiro atoms. The number of ether oxygens (including phenoxy) is 1. The molecule has 3 aromatic rings. The monoisotopic (exact) mass is 272 g/mol. The van der Waals surface area contributed by atoms with Gasteiger partial charge in [0.05, 0.1) is 18.1 Å². The number of benzene rings is 2. The van der Waals surface area contributed by atoms with E-state index in [9.17, 15) is 0 Å². The van der Waals surface area contributed by atoms with Crippen molar-refractivity contribution in [2.45, 2.75) is 6.42 Å². The van der Waals surface area contributed by atoms with E-state index in [1.807, 2.05) is 42.5 Å². The fourth-order valence-corrected chi connectivity index (χ4v) is 2.28. The van der Waals surface area contributed by atoms with Gasteiger partial charge >= 0.3 is 0 Å². The number of aromatic amines is 1. The van der Waals surface area contributed by atoms with Crippen LogP contribution >= 0.6 is 11.6 Å². The van der Waals surface area contributed by atoms with Crippen molar-refractivity contribution >= 4 is 22.6 Å². The lowest BCUT2D eigenvalue weighted by molar-refractivity contribution is 0.415. The van der Waals surface area contributed by atoms with Crippen molar-refractivity contribution in [2.75, 3.05) is 7.11 Å². The van der Waals surface area contributed by atoms with Crippen molar-refractivity contribution < 1.29 is 4.74 Å². The molecule has 3 nitrogen and oxygen atoms in total. The molecule has 1 heterocycles. The third-order valence-electron chi connectivity index (χ3n) is 3.05. The maximum Gasteiger partial charge on any atom is 0.121 e. The summed E-state index contributed by atoms with van der Waals surface area (Å²) < 4.78 is 5.20. The summed E-state index contributed by atoms with van der Waals surface area (Å²) in [7, 11) is 1.65. The number of hydrogen-bond donors (Lipinski definition) is 1. The quantitative estimate of drug-likeness (QED) is 0.787. The molecule has 0 unspecified atom stereocenters. The molecule has 1 N–H and O–H groups in total. The zero-order chi connectivity index (χ0) is 13.2. The van der Waals surface area contributed by atoms with Crippen molar-refractivity contribution in [3.63, 3.8) is 0 Å². The minimum absolute atomic E-state index is 0.691. The third-order valence-corrected chi connectivity index (χ3v) is 3.42. The molecule has 0 saturated carbocycles. The molecule has 19 heavy (non-hydrogen) atoms. The van der Waals surface area contributed by atoms with Crippen LogP contribution in [0.1, 0.15) is 11.4 Å². The lowest BCUT2D eigenvalue weighted by atomic mass is 10.1. The molecule has 0 atom stereocenters. The minimum atomic E-state index is 0.691. The first-order valence-corrected chi connectivity index (χ1v) is 6.40. The highest BCUT2D eigenvalue weighted by Gasteiger charge is 2.06. The van der Waals surface area contributed by atoms with Crippen LogP contribution in [0.3, 0.4) is 0 Å². The standard InChI is InChI=1S/C15H13ClN2O/c1-19-11-6-7-13-14(9-11)18-15(17-13)8-10-4-2-3-5-12(10)16/h2-7,9H,8H2,1H3,(H,17,18). The van der Waals surface area contributed by atoms with Crippen LogP contribution < -0.4 is 4.74 Å². The van der Waals surface area contributed by atoms with Gasteiger partial charge in [-0.2, -0.15) is 0 Å². The summed E-state index contributed by atoms with van der Waals surface area (Å²) in [5.41, 5.74) is 2.97. The Morgan fingerprint density at radius 1 is 1.21 bits per heavy atom. The van der Waals surface area contributed by atoms with E-state index in [-0.39, 0.29) is 0 Å². The highest BCUT2D eigenvalue weighted by Crippen LogP contribution is 2.22. The molecule has 0 aliphatic rings. The van der Waals surface area contributed by atoms with Gasteiger partial charge in [0, 0.05) is 17.5 Å². The lowest BCUT2D eigenvalue weighted by Gasteiger charge is -2.00. The predicted octanol–water partition coefficient (Wildman–Crippen LogP) is 3.82. The molecule has 96 valence electrons. The smallest absolute Gasteiger partial charge is 0.121 e. The summed E-state index contributed by atoms with van der Waals surface area (Å²) in [6.45, 7) is 0. The summed E-state index contributed by atoms with van der Waals surface area (Å²) in [6, 6.07) is 13.6. The van der Waals surface area contributed by atoms with E-state index in [0.29, 0.717) is 6.42 Å². The second kappa shape index (κ2) is 4.94. The number of nitrogens with one attached hydrogen (secondary N) is 1. The Bertz CT molecular complexity index is 721. The van der Waals surface area contributed by atoms with E-state index in [4.69, 9.17) is 16.3 Å². The lowest BCUT2D eigenvalue weighted by Crippen LogP contribution is -1.91. The van der Waals surface area contributed by atoms with E-state index < -0.39 is 0 Å². The number of rotatable bonds is 3. The van der Waals surface area contributed by atoms with Gasteiger partial charge in [0.25, 0.3) is 0 Å². The average Bonchev–Trinajstić information content (AvgIpc) is 2.82. The van der Waals surface area contributed by atoms with E-state index in [2.05, 4.69) is 9.97 Å². The first-order valence-electron chi connectivity index (χ1n) is 6.02. The largest absolute Gasteiger partial charge is 0.497 e. The second-order valence-corrected chi connectivity index (χ2v) is 4.74. The van der Waals surface area contributed by atoms with Gasteiger partial charge in [-0.15, -0.1) is 0 Å². The summed E-state index contributed by atoms with van der Waals surface area (Å²) in [5, 5.41) is 0.764. The van der Waals surface area contributed by atoms with Gasteiger partial charge in [-0.25, -0.2) is 4.98 Å². The molecular formula is C15H13ClN2O. The maximum absolute atomic E-state index is 6.16. The van der Waals surface area contributed by atoms with E-state index in [1.54, 1.807) is 7.11 Å². The van der Waals surface area contributed by atoms with Gasteiger partial charge in [-0.1, -0.05) is 29.8 Å². The zero-order valence-corrected chi connectivity index (χ0v) is 11.2. The Morgan fingerprint density at radius 2 is 2.05 bits per heavy atom. The molecule has 4 heteroatoms. The van der Waals surface area contributed by atoms with Crippen LogP contribution in [0.25, 0.3) is 11.0 Å². The highest BCUT2D eigenvalue weighted by molar-refractivity contribution is 6.31. The minimum Gasteiger partial charge on any atom is -0.497 e. The number of H-pyrrole nitrogens is 1. The first kappa shape index (κ1) is 12.1. The van der Waals surface area contributed by atoms with Crippen LogP contribution in [-0.2, 0) is 6.42 Å². The predicted molar refractivity (Wildman–Crippen MR) is 76.9 cm³/mol. The van der Waals surface area contributed by atoms with Gasteiger partial charge in [0.2, 0.25) is 0 Å².